The Bertz CT molecular complexity index is 1040. The lowest BCUT2D eigenvalue weighted by Crippen LogP contribution is -2.32. The van der Waals surface area contributed by atoms with Crippen LogP contribution in [-0.4, -0.2) is 34.8 Å². The summed E-state index contributed by atoms with van der Waals surface area (Å²) in [6, 6.07) is 9.85. The Hall–Kier alpha value is -2.91. The van der Waals surface area contributed by atoms with Gasteiger partial charge in [0.1, 0.15) is 6.54 Å². The van der Waals surface area contributed by atoms with Crippen molar-refractivity contribution in [2.24, 2.45) is 4.99 Å². The first-order chi connectivity index (χ1) is 12.6. The average molecular weight is 398 g/mol. The number of carbonyl (C=O) groups excluding carboxylic acids is 2. The number of hydrogen-bond donors (Lipinski definition) is 2. The van der Waals surface area contributed by atoms with Crippen LogP contribution in [0.4, 0.5) is 18.9 Å². The molecule has 1 aliphatic rings. The fourth-order valence-corrected chi connectivity index (χ4v) is 2.70. The smallest absolute Gasteiger partial charge is 0.318 e. The van der Waals surface area contributed by atoms with Gasteiger partial charge in [-0.05, 0) is 30.3 Å². The van der Waals surface area contributed by atoms with E-state index in [4.69, 9.17) is 11.6 Å². The lowest BCUT2D eigenvalue weighted by molar-refractivity contribution is -0.167. The number of halogens is 4. The van der Waals surface area contributed by atoms with Crippen molar-refractivity contribution in [3.63, 3.8) is 0 Å². The maximum Gasteiger partial charge on any atom is 0.471 e. The van der Waals surface area contributed by atoms with E-state index in [1.807, 2.05) is 0 Å². The number of fused-ring (bicyclic) bond motifs is 1. The number of alkyl halides is 3. The topological polar surface area (TPSA) is 82.0 Å². The summed E-state index contributed by atoms with van der Waals surface area (Å²) in [7, 11) is 0. The lowest BCUT2D eigenvalue weighted by Gasteiger charge is -2.18. The largest absolute Gasteiger partial charge is 0.471 e. The van der Waals surface area contributed by atoms with Gasteiger partial charge in [0.15, 0.2) is 0 Å². The Morgan fingerprint density at radius 3 is 2.48 bits per heavy atom. The third-order valence-electron chi connectivity index (χ3n) is 3.68. The van der Waals surface area contributed by atoms with Gasteiger partial charge in [0.05, 0.1) is 11.1 Å². The highest BCUT2D eigenvalue weighted by molar-refractivity contribution is 6.30. The van der Waals surface area contributed by atoms with Gasteiger partial charge in [0.2, 0.25) is 0 Å². The fourth-order valence-electron chi connectivity index (χ4n) is 2.53. The maximum atomic E-state index is 12.3. The van der Waals surface area contributed by atoms with Gasteiger partial charge in [-0.2, -0.15) is 13.2 Å². The molecule has 0 fully saturated rings. The van der Waals surface area contributed by atoms with Crippen LogP contribution < -0.4 is 15.9 Å². The molecule has 0 aromatic heterocycles. The Kier molecular flexibility index (Phi) is 4.90. The van der Waals surface area contributed by atoms with Gasteiger partial charge in [-0.15, -0.1) is 0 Å². The second kappa shape index (κ2) is 7.01. The van der Waals surface area contributed by atoms with Crippen LogP contribution >= 0.6 is 11.6 Å². The SMILES string of the molecule is O=C1CN(O)C(c2ccc(NC(=O)C(F)(F)F)cc2)=c2cc(Cl)ccc2=N1. The third-order valence-corrected chi connectivity index (χ3v) is 3.91. The molecule has 2 amide bonds. The molecule has 140 valence electrons. The molecule has 0 radical (unpaired) electrons. The van der Waals surface area contributed by atoms with Gasteiger partial charge in [0, 0.05) is 21.5 Å². The van der Waals surface area contributed by atoms with Gasteiger partial charge < -0.3 is 5.32 Å². The van der Waals surface area contributed by atoms with Gasteiger partial charge in [0.25, 0.3) is 5.91 Å². The van der Waals surface area contributed by atoms with Crippen molar-refractivity contribution < 1.29 is 28.0 Å². The highest BCUT2D eigenvalue weighted by Gasteiger charge is 2.38. The van der Waals surface area contributed by atoms with Gasteiger partial charge >= 0.3 is 12.1 Å². The third kappa shape index (κ3) is 4.09. The Balaban J connectivity index is 2.08. The molecule has 1 heterocycles. The van der Waals surface area contributed by atoms with E-state index >= 15 is 0 Å². The summed E-state index contributed by atoms with van der Waals surface area (Å²) in [5.41, 5.74) is 0.513. The standard InChI is InChI=1S/C17H11ClF3N3O3/c18-10-3-6-13-12(7-10)15(24(27)8-14(25)23-13)9-1-4-11(5-2-9)22-16(26)17(19,20)21/h1-7,27H,8H2,(H,22,26). The number of anilines is 1. The summed E-state index contributed by atoms with van der Waals surface area (Å²) in [5.74, 6) is -2.67. The molecule has 2 aromatic carbocycles. The number of nitrogens with zero attached hydrogens (tertiary/aromatic N) is 2. The predicted molar refractivity (Wildman–Crippen MR) is 89.4 cm³/mol. The van der Waals surface area contributed by atoms with Gasteiger partial charge in [-0.25, -0.2) is 10.1 Å². The van der Waals surface area contributed by atoms with Crippen molar-refractivity contribution in [3.05, 3.63) is 63.6 Å². The number of rotatable bonds is 2. The van der Waals surface area contributed by atoms with E-state index in [9.17, 15) is 28.0 Å². The van der Waals surface area contributed by atoms with Crippen molar-refractivity contribution in [2.45, 2.75) is 6.18 Å². The molecule has 10 heteroatoms. The Morgan fingerprint density at radius 2 is 1.85 bits per heavy atom. The number of benzene rings is 2. The summed E-state index contributed by atoms with van der Waals surface area (Å²) < 4.78 is 37.0. The minimum Gasteiger partial charge on any atom is -0.318 e. The van der Waals surface area contributed by atoms with Crippen molar-refractivity contribution in [1.82, 2.24) is 5.06 Å². The van der Waals surface area contributed by atoms with Crippen molar-refractivity contribution >= 4 is 34.8 Å². The molecule has 0 saturated carbocycles. The molecule has 0 spiro atoms. The van der Waals surface area contributed by atoms with Crippen LogP contribution in [0.15, 0.2) is 47.5 Å². The van der Waals surface area contributed by atoms with Crippen LogP contribution in [0.1, 0.15) is 5.56 Å². The van der Waals surface area contributed by atoms with E-state index in [0.717, 1.165) is 0 Å². The highest BCUT2D eigenvalue weighted by atomic mass is 35.5. The summed E-state index contributed by atoms with van der Waals surface area (Å²) in [4.78, 5) is 26.7. The summed E-state index contributed by atoms with van der Waals surface area (Å²) in [5, 5.41) is 13.7. The first-order valence-corrected chi connectivity index (χ1v) is 7.89. The lowest BCUT2D eigenvalue weighted by atomic mass is 10.1. The zero-order chi connectivity index (χ0) is 19.8. The first kappa shape index (κ1) is 18.9. The molecular weight excluding hydrogens is 387 g/mol. The van der Waals surface area contributed by atoms with E-state index in [1.54, 1.807) is 5.32 Å². The van der Waals surface area contributed by atoms with Gasteiger partial charge in [-0.3, -0.25) is 14.8 Å². The molecule has 1 aliphatic heterocycles. The van der Waals surface area contributed by atoms with Crippen LogP contribution in [0.5, 0.6) is 0 Å². The molecule has 0 bridgehead atoms. The van der Waals surface area contributed by atoms with Crippen LogP contribution in [0, 0.1) is 0 Å². The molecular formula is C17H11ClF3N3O3. The molecule has 3 rings (SSSR count). The quantitative estimate of drug-likeness (QED) is 0.810. The van der Waals surface area contributed by atoms with E-state index < -0.39 is 24.5 Å². The van der Waals surface area contributed by atoms with E-state index in [-0.39, 0.29) is 11.4 Å². The van der Waals surface area contributed by atoms with Crippen molar-refractivity contribution in [3.8, 4) is 0 Å². The van der Waals surface area contributed by atoms with Gasteiger partial charge in [-0.1, -0.05) is 23.7 Å². The number of amides is 2. The monoisotopic (exact) mass is 397 g/mol. The molecule has 2 aromatic rings. The van der Waals surface area contributed by atoms with Crippen LogP contribution in [0.2, 0.25) is 5.02 Å². The Morgan fingerprint density at radius 1 is 1.19 bits per heavy atom. The number of hydroxylamine groups is 2. The minimum absolute atomic E-state index is 0.0770. The first-order valence-electron chi connectivity index (χ1n) is 7.51. The second-order valence-electron chi connectivity index (χ2n) is 5.60. The second-order valence-corrected chi connectivity index (χ2v) is 6.04. The van der Waals surface area contributed by atoms with Crippen molar-refractivity contribution in [1.29, 1.82) is 0 Å². The molecule has 0 unspecified atom stereocenters. The molecule has 0 saturated heterocycles. The Labute approximate surface area is 155 Å². The summed E-state index contributed by atoms with van der Waals surface area (Å²) >= 11 is 6.00. The molecule has 2 N–H and O–H groups in total. The summed E-state index contributed by atoms with van der Waals surface area (Å²) in [6.07, 6.45) is -5.01. The van der Waals surface area contributed by atoms with E-state index in [1.165, 1.54) is 42.5 Å². The molecule has 27 heavy (non-hydrogen) atoms. The number of nitrogens with one attached hydrogen (secondary N) is 1. The van der Waals surface area contributed by atoms with Crippen LogP contribution in [0.3, 0.4) is 0 Å². The highest BCUT2D eigenvalue weighted by Crippen LogP contribution is 2.21. The zero-order valence-electron chi connectivity index (χ0n) is 13.4. The minimum atomic E-state index is -5.01. The zero-order valence-corrected chi connectivity index (χ0v) is 14.2. The number of carbonyl (C=O) groups is 2. The van der Waals surface area contributed by atoms with Crippen LogP contribution in [-0.2, 0) is 9.59 Å². The predicted octanol–water partition coefficient (Wildman–Crippen LogP) is 1.85. The van der Waals surface area contributed by atoms with Crippen molar-refractivity contribution in [2.75, 3.05) is 11.9 Å². The molecule has 0 atom stereocenters. The summed E-state index contributed by atoms with van der Waals surface area (Å²) in [6.45, 7) is -0.409. The maximum absolute atomic E-state index is 12.3. The van der Waals surface area contributed by atoms with E-state index in [0.29, 0.717) is 26.2 Å². The van der Waals surface area contributed by atoms with E-state index in [2.05, 4.69) is 4.99 Å². The molecule has 6 nitrogen and oxygen atoms in total. The fraction of sp³-hybridized carbons (Fsp3) is 0.118. The average Bonchev–Trinajstić information content (AvgIpc) is 2.69. The number of hydrogen-bond acceptors (Lipinski definition) is 4. The van der Waals surface area contributed by atoms with Crippen LogP contribution in [0.25, 0.3) is 5.70 Å². The molecule has 0 aliphatic carbocycles. The normalized spacial score (nSPS) is 14.3.